The number of H-pyrrole nitrogens is 1. The zero-order valence-corrected chi connectivity index (χ0v) is 11.1. The Hall–Kier alpha value is -1.93. The van der Waals surface area contributed by atoms with Crippen LogP contribution in [0, 0.1) is 0 Å². The van der Waals surface area contributed by atoms with Crippen LogP contribution in [-0.4, -0.2) is 26.4 Å². The highest BCUT2D eigenvalue weighted by molar-refractivity contribution is 7.98. The van der Waals surface area contributed by atoms with Crippen molar-refractivity contribution in [3.63, 3.8) is 0 Å². The SMILES string of the molecule is Nc1cc(Cl)ccc1SCc1nc(NC(=O)O)n[nH]1. The summed E-state index contributed by atoms with van der Waals surface area (Å²) in [7, 11) is 0. The molecule has 0 saturated carbocycles. The van der Waals surface area contributed by atoms with E-state index in [9.17, 15) is 4.79 Å². The first kappa shape index (κ1) is 13.5. The number of aromatic nitrogens is 3. The van der Waals surface area contributed by atoms with Crippen molar-refractivity contribution in [1.29, 1.82) is 0 Å². The molecule has 0 saturated heterocycles. The summed E-state index contributed by atoms with van der Waals surface area (Å²) in [4.78, 5) is 15.2. The molecular weight excluding hydrogens is 290 g/mol. The smallest absolute Gasteiger partial charge is 0.411 e. The molecule has 5 N–H and O–H groups in total. The molecule has 1 amide bonds. The summed E-state index contributed by atoms with van der Waals surface area (Å²) in [5.41, 5.74) is 6.40. The van der Waals surface area contributed by atoms with Crippen LogP contribution in [0.3, 0.4) is 0 Å². The summed E-state index contributed by atoms with van der Waals surface area (Å²) in [5.74, 6) is 1.05. The van der Waals surface area contributed by atoms with Crippen LogP contribution in [0.25, 0.3) is 0 Å². The largest absolute Gasteiger partial charge is 0.465 e. The molecule has 1 heterocycles. The van der Waals surface area contributed by atoms with Crippen molar-refractivity contribution in [2.75, 3.05) is 11.1 Å². The van der Waals surface area contributed by atoms with Gasteiger partial charge in [-0.1, -0.05) is 11.6 Å². The number of carbonyl (C=O) groups is 1. The number of nitrogens with two attached hydrogens (primary N) is 1. The second-order valence-electron chi connectivity index (χ2n) is 3.51. The third-order valence-electron chi connectivity index (χ3n) is 2.09. The van der Waals surface area contributed by atoms with E-state index in [1.54, 1.807) is 12.1 Å². The highest BCUT2D eigenvalue weighted by Gasteiger charge is 2.07. The van der Waals surface area contributed by atoms with Crippen LogP contribution in [0.15, 0.2) is 23.1 Å². The Bertz CT molecular complexity index is 603. The number of hydrogen-bond acceptors (Lipinski definition) is 5. The van der Waals surface area contributed by atoms with Gasteiger partial charge in [0, 0.05) is 15.6 Å². The number of nitrogens with one attached hydrogen (secondary N) is 2. The van der Waals surface area contributed by atoms with Crippen LogP contribution >= 0.6 is 23.4 Å². The number of halogens is 1. The minimum absolute atomic E-state index is 0.0205. The Kier molecular flexibility index (Phi) is 4.13. The Morgan fingerprint density at radius 1 is 1.58 bits per heavy atom. The van der Waals surface area contributed by atoms with Crippen molar-refractivity contribution in [3.05, 3.63) is 29.0 Å². The highest BCUT2D eigenvalue weighted by atomic mass is 35.5. The second-order valence-corrected chi connectivity index (χ2v) is 4.96. The van der Waals surface area contributed by atoms with Gasteiger partial charge in [-0.3, -0.25) is 10.4 Å². The number of rotatable bonds is 4. The number of hydrogen-bond donors (Lipinski definition) is 4. The topological polar surface area (TPSA) is 117 Å². The molecule has 2 rings (SSSR count). The van der Waals surface area contributed by atoms with Crippen molar-refractivity contribution in [1.82, 2.24) is 15.2 Å². The van der Waals surface area contributed by atoms with E-state index in [-0.39, 0.29) is 5.95 Å². The molecule has 0 unspecified atom stereocenters. The van der Waals surface area contributed by atoms with Crippen LogP contribution < -0.4 is 11.1 Å². The Labute approximate surface area is 117 Å². The molecule has 0 atom stereocenters. The van der Waals surface area contributed by atoms with E-state index >= 15 is 0 Å². The van der Waals surface area contributed by atoms with Gasteiger partial charge in [-0.2, -0.15) is 4.98 Å². The number of aromatic amines is 1. The van der Waals surface area contributed by atoms with Crippen molar-refractivity contribution in [2.45, 2.75) is 10.6 Å². The predicted octanol–water partition coefficient (Wildman–Crippen LogP) is 2.42. The molecule has 0 fully saturated rings. The lowest BCUT2D eigenvalue weighted by atomic mass is 10.3. The molecule has 0 spiro atoms. The molecule has 7 nitrogen and oxygen atoms in total. The first-order valence-electron chi connectivity index (χ1n) is 5.13. The lowest BCUT2D eigenvalue weighted by molar-refractivity contribution is 0.209. The molecule has 0 aliphatic heterocycles. The maximum atomic E-state index is 10.4. The Morgan fingerprint density at radius 2 is 2.37 bits per heavy atom. The van der Waals surface area contributed by atoms with Gasteiger partial charge in [0.25, 0.3) is 5.95 Å². The first-order valence-corrected chi connectivity index (χ1v) is 6.50. The van der Waals surface area contributed by atoms with Crippen LogP contribution in [0.4, 0.5) is 16.4 Å². The molecule has 19 heavy (non-hydrogen) atoms. The fraction of sp³-hybridized carbons (Fsp3) is 0.100. The summed E-state index contributed by atoms with van der Waals surface area (Å²) in [5, 5.41) is 17.5. The molecule has 2 aromatic rings. The summed E-state index contributed by atoms with van der Waals surface area (Å²) in [6, 6.07) is 5.23. The first-order chi connectivity index (χ1) is 9.04. The normalized spacial score (nSPS) is 10.4. The van der Waals surface area contributed by atoms with Gasteiger partial charge in [0.2, 0.25) is 0 Å². The molecule has 1 aromatic carbocycles. The minimum Gasteiger partial charge on any atom is -0.465 e. The lowest BCUT2D eigenvalue weighted by Gasteiger charge is -2.03. The third kappa shape index (κ3) is 3.76. The summed E-state index contributed by atoms with van der Waals surface area (Å²) in [6.45, 7) is 0. The van der Waals surface area contributed by atoms with Crippen molar-refractivity contribution in [3.8, 4) is 0 Å². The van der Waals surface area contributed by atoms with Crippen LogP contribution in [0.2, 0.25) is 5.02 Å². The molecule has 0 aliphatic rings. The summed E-state index contributed by atoms with van der Waals surface area (Å²) >= 11 is 7.25. The maximum Gasteiger partial charge on any atom is 0.411 e. The van der Waals surface area contributed by atoms with E-state index in [1.807, 2.05) is 6.07 Å². The van der Waals surface area contributed by atoms with Gasteiger partial charge >= 0.3 is 6.09 Å². The second kappa shape index (κ2) is 5.81. The van der Waals surface area contributed by atoms with Crippen LogP contribution in [-0.2, 0) is 5.75 Å². The van der Waals surface area contributed by atoms with Gasteiger partial charge in [-0.05, 0) is 18.2 Å². The number of nitrogen functional groups attached to an aromatic ring is 1. The molecular formula is C10H10ClN5O2S. The summed E-state index contributed by atoms with van der Waals surface area (Å²) < 4.78 is 0. The van der Waals surface area contributed by atoms with E-state index in [4.69, 9.17) is 22.4 Å². The number of benzene rings is 1. The van der Waals surface area contributed by atoms with Gasteiger partial charge < -0.3 is 10.8 Å². The van der Waals surface area contributed by atoms with E-state index < -0.39 is 6.09 Å². The quantitative estimate of drug-likeness (QED) is 0.509. The van der Waals surface area contributed by atoms with Gasteiger partial charge in [-0.15, -0.1) is 16.9 Å². The van der Waals surface area contributed by atoms with Crippen molar-refractivity contribution in [2.24, 2.45) is 0 Å². The summed E-state index contributed by atoms with van der Waals surface area (Å²) in [6.07, 6.45) is -1.21. The Morgan fingerprint density at radius 3 is 3.05 bits per heavy atom. The van der Waals surface area contributed by atoms with E-state index in [2.05, 4.69) is 20.5 Å². The lowest BCUT2D eigenvalue weighted by Crippen LogP contribution is -2.08. The zero-order valence-electron chi connectivity index (χ0n) is 9.55. The number of thioether (sulfide) groups is 1. The highest BCUT2D eigenvalue weighted by Crippen LogP contribution is 2.29. The number of nitrogens with zero attached hydrogens (tertiary/aromatic N) is 2. The average molecular weight is 300 g/mol. The molecule has 9 heteroatoms. The van der Waals surface area contributed by atoms with Gasteiger partial charge in [0.05, 0.1) is 5.75 Å². The minimum atomic E-state index is -1.21. The molecule has 100 valence electrons. The van der Waals surface area contributed by atoms with Crippen molar-refractivity contribution >= 4 is 41.1 Å². The standard InChI is InChI=1S/C10H10ClN5O2S/c11-5-1-2-7(6(12)3-5)19-4-8-13-9(16-15-8)14-10(17)18/h1-3H,4,12H2,(H,17,18)(H2,13,14,15,16). The van der Waals surface area contributed by atoms with Gasteiger partial charge in [0.15, 0.2) is 0 Å². The number of amides is 1. The fourth-order valence-corrected chi connectivity index (χ4v) is 2.30. The van der Waals surface area contributed by atoms with Gasteiger partial charge in [0.1, 0.15) is 5.82 Å². The molecule has 1 aromatic heterocycles. The number of carboxylic acid groups (broad SMARTS) is 1. The third-order valence-corrected chi connectivity index (χ3v) is 3.42. The van der Waals surface area contributed by atoms with Crippen molar-refractivity contribution < 1.29 is 9.90 Å². The van der Waals surface area contributed by atoms with Crippen LogP contribution in [0.5, 0.6) is 0 Å². The molecule has 0 bridgehead atoms. The number of anilines is 2. The maximum absolute atomic E-state index is 10.4. The Balaban J connectivity index is 1.98. The van der Waals surface area contributed by atoms with Crippen LogP contribution in [0.1, 0.15) is 5.82 Å². The molecule has 0 radical (unpaired) electrons. The zero-order chi connectivity index (χ0) is 13.8. The molecule has 0 aliphatic carbocycles. The predicted molar refractivity (Wildman–Crippen MR) is 73.5 cm³/mol. The monoisotopic (exact) mass is 299 g/mol. The van der Waals surface area contributed by atoms with E-state index in [0.717, 1.165) is 4.90 Å². The van der Waals surface area contributed by atoms with E-state index in [1.165, 1.54) is 11.8 Å². The van der Waals surface area contributed by atoms with Gasteiger partial charge in [-0.25, -0.2) is 4.79 Å². The fourth-order valence-electron chi connectivity index (χ4n) is 1.31. The average Bonchev–Trinajstić information content (AvgIpc) is 2.74. The van der Waals surface area contributed by atoms with E-state index in [0.29, 0.717) is 22.3 Å².